The van der Waals surface area contributed by atoms with Crippen LogP contribution in [0.15, 0.2) is 29.6 Å². The average molecular weight is 151 g/mol. The maximum Gasteiger partial charge on any atom is 0.0966 e. The Morgan fingerprint density at radius 3 is 2.27 bits per heavy atom. The van der Waals surface area contributed by atoms with Gasteiger partial charge in [-0.3, -0.25) is 0 Å². The summed E-state index contributed by atoms with van der Waals surface area (Å²) in [5.74, 6) is 0. The maximum atomic E-state index is 10.6. The molecule has 4 nitrogen and oxygen atoms in total. The van der Waals surface area contributed by atoms with Gasteiger partial charge in [0.2, 0.25) is 0 Å². The minimum absolute atomic E-state index is 0.0411. The quantitative estimate of drug-likeness (QED) is 0.478. The van der Waals surface area contributed by atoms with Gasteiger partial charge < -0.3 is 0 Å². The zero-order valence-electron chi connectivity index (χ0n) is 6.02. The third-order valence-electron chi connectivity index (χ3n) is 1.33. The summed E-state index contributed by atoms with van der Waals surface area (Å²) in [7, 11) is 0. The van der Waals surface area contributed by atoms with Crippen LogP contribution < -0.4 is 5.17 Å². The highest BCUT2D eigenvalue weighted by Crippen LogP contribution is 2.12. The summed E-state index contributed by atoms with van der Waals surface area (Å²) in [6.07, 6.45) is 0. The summed E-state index contributed by atoms with van der Waals surface area (Å²) in [6, 6.07) is 6.57. The average Bonchev–Trinajstić information content (AvgIpc) is 2.05. The predicted molar refractivity (Wildman–Crippen MR) is 40.1 cm³/mol. The third-order valence-corrected chi connectivity index (χ3v) is 1.33. The van der Waals surface area contributed by atoms with Gasteiger partial charge >= 0.3 is 0 Å². The summed E-state index contributed by atoms with van der Waals surface area (Å²) in [6.45, 7) is 1.90. The molecule has 0 aliphatic rings. The van der Waals surface area contributed by atoms with Gasteiger partial charge in [-0.25, -0.2) is 0 Å². The van der Waals surface area contributed by atoms with Gasteiger partial charge in [-0.05, 0) is 19.1 Å². The Balaban J connectivity index is 2.89. The Morgan fingerprint density at radius 2 is 1.82 bits per heavy atom. The summed E-state index contributed by atoms with van der Waals surface area (Å²) < 4.78 is 0. The normalized spacial score (nSPS) is 9.27. The van der Waals surface area contributed by atoms with E-state index in [1.54, 1.807) is 24.3 Å². The predicted octanol–water partition coefficient (Wildman–Crippen LogP) is 1.83. The smallest absolute Gasteiger partial charge is 0.0966 e. The molecule has 0 atom stereocenters. The van der Waals surface area contributed by atoms with E-state index in [0.717, 1.165) is 5.56 Å². The second kappa shape index (κ2) is 3.12. The molecule has 0 aliphatic heterocycles. The van der Waals surface area contributed by atoms with Gasteiger partial charge in [-0.1, -0.05) is 28.1 Å². The van der Waals surface area contributed by atoms with Crippen LogP contribution in [0, 0.1) is 11.8 Å². The van der Waals surface area contributed by atoms with Gasteiger partial charge in [0.25, 0.3) is 0 Å². The molecule has 0 amide bonds. The van der Waals surface area contributed by atoms with Crippen molar-refractivity contribution in [3.05, 3.63) is 34.7 Å². The monoisotopic (exact) mass is 151 g/mol. The van der Waals surface area contributed by atoms with Gasteiger partial charge in [0, 0.05) is 0 Å². The van der Waals surface area contributed by atoms with Crippen LogP contribution in [0.5, 0.6) is 0 Å². The van der Waals surface area contributed by atoms with Crippen LogP contribution in [-0.2, 0) is 5.21 Å². The van der Waals surface area contributed by atoms with Gasteiger partial charge in [0.15, 0.2) is 0 Å². The Morgan fingerprint density at radius 1 is 1.27 bits per heavy atom. The van der Waals surface area contributed by atoms with E-state index in [0.29, 0.717) is 0 Å². The largest absolute Gasteiger partial charge is 0.122 e. The van der Waals surface area contributed by atoms with Crippen molar-refractivity contribution in [1.82, 2.24) is 0 Å². The van der Waals surface area contributed by atoms with Crippen LogP contribution in [0.4, 0.5) is 5.69 Å². The highest BCUT2D eigenvalue weighted by molar-refractivity contribution is 5.43. The Bertz CT molecular complexity index is 245. The molecule has 4 heteroatoms. The second-order valence-electron chi connectivity index (χ2n) is 2.19. The highest BCUT2D eigenvalue weighted by atomic mass is 16.6. The molecular weight excluding hydrogens is 144 g/mol. The first-order chi connectivity index (χ1) is 5.24. The number of hydrogen-bond acceptors (Lipinski definition) is 2. The van der Waals surface area contributed by atoms with Crippen molar-refractivity contribution >= 4 is 5.69 Å². The SMILES string of the molecule is Cc1ccc(N([O])N=O)cc1. The summed E-state index contributed by atoms with van der Waals surface area (Å²) in [5.41, 5.74) is 1.29. The molecule has 0 saturated carbocycles. The Labute approximate surface area is 64.0 Å². The molecule has 0 N–H and O–H groups in total. The number of nitrogens with zero attached hydrogens (tertiary/aromatic N) is 2. The zero-order valence-corrected chi connectivity index (χ0v) is 6.02. The fourth-order valence-electron chi connectivity index (χ4n) is 0.719. The zero-order chi connectivity index (χ0) is 8.27. The van der Waals surface area contributed by atoms with Gasteiger partial charge in [-0.15, -0.1) is 4.91 Å². The fourth-order valence-corrected chi connectivity index (χ4v) is 0.719. The van der Waals surface area contributed by atoms with Crippen LogP contribution in [0.1, 0.15) is 5.56 Å². The summed E-state index contributed by atoms with van der Waals surface area (Å²) in [4.78, 5) is 9.75. The van der Waals surface area contributed by atoms with Crippen molar-refractivity contribution in [2.75, 3.05) is 5.17 Å². The van der Waals surface area contributed by atoms with Crippen LogP contribution in [0.2, 0.25) is 0 Å². The molecule has 0 aromatic heterocycles. The van der Waals surface area contributed by atoms with Crippen molar-refractivity contribution in [2.24, 2.45) is 5.29 Å². The number of aryl methyl sites for hydroxylation is 1. The lowest BCUT2D eigenvalue weighted by molar-refractivity contribution is 0.160. The fraction of sp³-hybridized carbons (Fsp3) is 0.143. The van der Waals surface area contributed by atoms with E-state index in [4.69, 9.17) is 0 Å². The maximum absolute atomic E-state index is 10.6. The molecule has 57 valence electrons. The Kier molecular flexibility index (Phi) is 2.18. The van der Waals surface area contributed by atoms with Crippen molar-refractivity contribution in [2.45, 2.75) is 6.92 Å². The first-order valence-electron chi connectivity index (χ1n) is 3.11. The van der Waals surface area contributed by atoms with Crippen molar-refractivity contribution in [3.63, 3.8) is 0 Å². The lowest BCUT2D eigenvalue weighted by Crippen LogP contribution is -2.04. The van der Waals surface area contributed by atoms with Gasteiger partial charge in [0.1, 0.15) is 0 Å². The minimum Gasteiger partial charge on any atom is -0.122 e. The van der Waals surface area contributed by atoms with Crippen molar-refractivity contribution < 1.29 is 5.21 Å². The number of rotatable bonds is 2. The molecule has 0 spiro atoms. The molecule has 11 heavy (non-hydrogen) atoms. The van der Waals surface area contributed by atoms with E-state index in [-0.39, 0.29) is 10.9 Å². The van der Waals surface area contributed by atoms with Crippen LogP contribution in [-0.4, -0.2) is 0 Å². The van der Waals surface area contributed by atoms with E-state index in [1.165, 1.54) is 0 Å². The lowest BCUT2D eigenvalue weighted by Gasteiger charge is -2.01. The number of hydrogen-bond donors (Lipinski definition) is 0. The lowest BCUT2D eigenvalue weighted by atomic mass is 10.2. The summed E-state index contributed by atoms with van der Waals surface area (Å²) in [5, 5.41) is 12.8. The van der Waals surface area contributed by atoms with E-state index >= 15 is 0 Å². The first-order valence-corrected chi connectivity index (χ1v) is 3.11. The van der Waals surface area contributed by atoms with Gasteiger partial charge in [0.05, 0.1) is 11.0 Å². The number of benzene rings is 1. The van der Waals surface area contributed by atoms with Crippen LogP contribution in [0.3, 0.4) is 0 Å². The standard InChI is InChI=1S/C7H7N2O2/c1-6-2-4-7(5-3-6)9(11)8-10/h2-5H,1H3. The molecule has 0 unspecified atom stereocenters. The molecule has 1 radical (unpaired) electrons. The van der Waals surface area contributed by atoms with E-state index in [2.05, 4.69) is 5.29 Å². The van der Waals surface area contributed by atoms with E-state index in [1.807, 2.05) is 6.92 Å². The third kappa shape index (κ3) is 1.75. The molecule has 1 aromatic carbocycles. The first kappa shape index (κ1) is 7.68. The van der Waals surface area contributed by atoms with Crippen LogP contribution in [0.25, 0.3) is 0 Å². The number of anilines is 1. The molecule has 0 fully saturated rings. The molecule has 0 saturated heterocycles. The topological polar surface area (TPSA) is 52.6 Å². The van der Waals surface area contributed by atoms with Crippen LogP contribution >= 0.6 is 0 Å². The molecule has 0 aliphatic carbocycles. The van der Waals surface area contributed by atoms with Crippen molar-refractivity contribution in [3.8, 4) is 0 Å². The second-order valence-corrected chi connectivity index (χ2v) is 2.19. The summed E-state index contributed by atoms with van der Waals surface area (Å²) >= 11 is 0. The number of nitroso groups, excluding NO2 is 1. The van der Waals surface area contributed by atoms with E-state index in [9.17, 15) is 10.1 Å². The molecule has 0 bridgehead atoms. The molecule has 1 rings (SSSR count). The molecule has 0 heterocycles. The van der Waals surface area contributed by atoms with E-state index < -0.39 is 0 Å². The van der Waals surface area contributed by atoms with Crippen molar-refractivity contribution in [1.29, 1.82) is 0 Å². The Hall–Kier alpha value is -1.42. The highest BCUT2D eigenvalue weighted by Gasteiger charge is 2.01. The van der Waals surface area contributed by atoms with Gasteiger partial charge in [-0.2, -0.15) is 0 Å². The minimum atomic E-state index is 0.0411. The molecule has 1 aromatic rings. The molecular formula is C7H7N2O2.